The highest BCUT2D eigenvalue weighted by molar-refractivity contribution is 6.20. The Hall–Kier alpha value is -4.22. The maximum Gasteiger partial charge on any atom is 0.279 e. The van der Waals surface area contributed by atoms with Crippen LogP contribution >= 0.6 is 11.6 Å². The normalized spacial score (nSPS) is 14.8. The number of amides is 1. The van der Waals surface area contributed by atoms with Crippen LogP contribution in [0.3, 0.4) is 0 Å². The topological polar surface area (TPSA) is 135 Å². The van der Waals surface area contributed by atoms with Gasteiger partial charge in [0.1, 0.15) is 18.1 Å². The van der Waals surface area contributed by atoms with Gasteiger partial charge < -0.3 is 19.5 Å². The van der Waals surface area contributed by atoms with Crippen LogP contribution in [0.1, 0.15) is 22.0 Å². The molecule has 0 radical (unpaired) electrons. The number of nitrogens with zero attached hydrogens (tertiary/aromatic N) is 4. The summed E-state index contributed by atoms with van der Waals surface area (Å²) in [5, 5.41) is 24.8. The second-order valence-corrected chi connectivity index (χ2v) is 9.70. The molecule has 38 heavy (non-hydrogen) atoms. The number of non-ortho nitro benzene ring substituents is 2. The monoisotopic (exact) mass is 537 g/mol. The number of nitro groups is 2. The van der Waals surface area contributed by atoms with Gasteiger partial charge in [0.05, 0.1) is 26.3 Å². The van der Waals surface area contributed by atoms with Crippen molar-refractivity contribution < 1.29 is 19.4 Å². The number of hydrogen-bond donors (Lipinski definition) is 1. The van der Waals surface area contributed by atoms with Crippen LogP contribution in [-0.2, 0) is 0 Å². The summed E-state index contributed by atoms with van der Waals surface area (Å²) < 4.78 is 5.79. The first-order valence-corrected chi connectivity index (χ1v) is 12.4. The standard InChI is InChI=1S/C26H24ClN5O6/c1-29(2)8-9-38-17-6-7-19-15(10-17)11-20(28-19)26(33)30-14-16(13-27)24-23(30)12-22(32(36)37)18-4-3-5-21(25(18)24)31(34)35/h3-7,10-12,16,28H,8-9,13-14H2,1-2H3. The molecule has 11 nitrogen and oxygen atoms in total. The number of nitrogens with one attached hydrogen (secondary N) is 1. The van der Waals surface area contributed by atoms with E-state index in [-0.39, 0.29) is 46.0 Å². The number of alkyl halides is 1. The minimum atomic E-state index is -0.593. The van der Waals surface area contributed by atoms with Crippen LogP contribution in [0.4, 0.5) is 17.1 Å². The zero-order valence-corrected chi connectivity index (χ0v) is 21.4. The first-order chi connectivity index (χ1) is 18.2. The average Bonchev–Trinajstić information content (AvgIpc) is 3.48. The molecule has 0 bridgehead atoms. The third-order valence-electron chi connectivity index (χ3n) is 6.69. The number of fused-ring (bicyclic) bond motifs is 4. The minimum absolute atomic E-state index is 0.0795. The van der Waals surface area contributed by atoms with Crippen molar-refractivity contribution in [2.75, 3.05) is 44.6 Å². The van der Waals surface area contributed by atoms with Crippen LogP contribution < -0.4 is 9.64 Å². The number of benzene rings is 3. The van der Waals surface area contributed by atoms with Gasteiger partial charge in [-0.15, -0.1) is 11.6 Å². The molecule has 196 valence electrons. The molecule has 1 unspecified atom stereocenters. The maximum atomic E-state index is 13.7. The van der Waals surface area contributed by atoms with Crippen molar-refractivity contribution >= 4 is 56.2 Å². The van der Waals surface area contributed by atoms with Gasteiger partial charge in [0.2, 0.25) is 0 Å². The second kappa shape index (κ2) is 9.92. The molecule has 0 spiro atoms. The van der Waals surface area contributed by atoms with E-state index in [1.165, 1.54) is 29.2 Å². The Bertz CT molecular complexity index is 1600. The Morgan fingerprint density at radius 3 is 2.58 bits per heavy atom. The minimum Gasteiger partial charge on any atom is -0.492 e. The quantitative estimate of drug-likeness (QED) is 0.188. The molecule has 1 aromatic heterocycles. The van der Waals surface area contributed by atoms with Gasteiger partial charge in [0, 0.05) is 47.9 Å². The summed E-state index contributed by atoms with van der Waals surface area (Å²) in [7, 11) is 3.91. The van der Waals surface area contributed by atoms with Gasteiger partial charge in [-0.05, 0) is 50.0 Å². The number of likely N-dealkylation sites (N-methyl/N-ethyl adjacent to an activating group) is 1. The van der Waals surface area contributed by atoms with Crippen molar-refractivity contribution in [2.45, 2.75) is 5.92 Å². The Labute approximate surface area is 221 Å². The van der Waals surface area contributed by atoms with Crippen LogP contribution in [0.2, 0.25) is 0 Å². The van der Waals surface area contributed by atoms with E-state index in [4.69, 9.17) is 16.3 Å². The number of rotatable bonds is 8. The van der Waals surface area contributed by atoms with Crippen LogP contribution in [-0.4, -0.2) is 65.3 Å². The largest absolute Gasteiger partial charge is 0.492 e. The fraction of sp³-hybridized carbons (Fsp3) is 0.269. The first kappa shape index (κ1) is 25.4. The molecule has 4 aromatic rings. The highest BCUT2D eigenvalue weighted by Gasteiger charge is 2.39. The summed E-state index contributed by atoms with van der Waals surface area (Å²) in [6.07, 6.45) is 0. The molecule has 1 N–H and O–H groups in total. The molecule has 2 heterocycles. The lowest BCUT2D eigenvalue weighted by atomic mass is 9.94. The van der Waals surface area contributed by atoms with Gasteiger partial charge in [-0.3, -0.25) is 25.0 Å². The van der Waals surface area contributed by atoms with Crippen LogP contribution in [0, 0.1) is 20.2 Å². The van der Waals surface area contributed by atoms with E-state index in [1.54, 1.807) is 6.07 Å². The molecule has 1 aliphatic heterocycles. The van der Waals surface area contributed by atoms with E-state index in [0.717, 1.165) is 17.4 Å². The number of carbonyl (C=O) groups is 1. The van der Waals surface area contributed by atoms with Gasteiger partial charge in [0.15, 0.2) is 0 Å². The van der Waals surface area contributed by atoms with Gasteiger partial charge in [-0.2, -0.15) is 0 Å². The summed E-state index contributed by atoms with van der Waals surface area (Å²) in [4.78, 5) is 42.9. The number of ether oxygens (including phenoxy) is 1. The van der Waals surface area contributed by atoms with Crippen molar-refractivity contribution in [3.63, 3.8) is 0 Å². The first-order valence-electron chi connectivity index (χ1n) is 11.9. The SMILES string of the molecule is CN(C)CCOc1ccc2[nH]c(C(=O)N3CC(CCl)c4c3cc([N+](=O)[O-])c3cccc([N+](=O)[O-])c43)cc2c1. The fourth-order valence-electron chi connectivity index (χ4n) is 4.92. The summed E-state index contributed by atoms with van der Waals surface area (Å²) >= 11 is 6.26. The highest BCUT2D eigenvalue weighted by Crippen LogP contribution is 2.48. The molecule has 0 saturated carbocycles. The average molecular weight is 538 g/mol. The van der Waals surface area contributed by atoms with Crippen LogP contribution in [0.15, 0.2) is 48.5 Å². The van der Waals surface area contributed by atoms with E-state index in [2.05, 4.69) is 4.98 Å². The summed E-state index contributed by atoms with van der Waals surface area (Å²) in [6, 6.07) is 12.7. The van der Waals surface area contributed by atoms with E-state index in [0.29, 0.717) is 17.9 Å². The summed E-state index contributed by atoms with van der Waals surface area (Å²) in [6.45, 7) is 1.40. The number of halogens is 1. The zero-order chi connectivity index (χ0) is 27.1. The third-order valence-corrected chi connectivity index (χ3v) is 7.07. The lowest BCUT2D eigenvalue weighted by molar-refractivity contribution is -0.384. The molecular weight excluding hydrogens is 514 g/mol. The van der Waals surface area contributed by atoms with E-state index in [9.17, 15) is 25.0 Å². The third kappa shape index (κ3) is 4.39. The number of hydrogen-bond acceptors (Lipinski definition) is 7. The van der Waals surface area contributed by atoms with E-state index < -0.39 is 21.7 Å². The number of aromatic nitrogens is 1. The Kier molecular flexibility index (Phi) is 6.64. The number of H-pyrrole nitrogens is 1. The summed E-state index contributed by atoms with van der Waals surface area (Å²) in [5.74, 6) is -0.116. The lowest BCUT2D eigenvalue weighted by Gasteiger charge is -2.17. The smallest absolute Gasteiger partial charge is 0.279 e. The number of nitro benzene ring substituents is 2. The molecule has 0 fully saturated rings. The Morgan fingerprint density at radius 1 is 1.13 bits per heavy atom. The van der Waals surface area contributed by atoms with E-state index in [1.807, 2.05) is 37.2 Å². The number of aromatic amines is 1. The van der Waals surface area contributed by atoms with Crippen molar-refractivity contribution in [2.24, 2.45) is 0 Å². The number of anilines is 1. The molecule has 0 saturated heterocycles. The van der Waals surface area contributed by atoms with Crippen molar-refractivity contribution in [3.05, 3.63) is 80.0 Å². The van der Waals surface area contributed by atoms with Crippen molar-refractivity contribution in [1.29, 1.82) is 0 Å². The van der Waals surface area contributed by atoms with Gasteiger partial charge >= 0.3 is 0 Å². The predicted octanol–water partition coefficient (Wildman–Crippen LogP) is 5.06. The second-order valence-electron chi connectivity index (χ2n) is 9.39. The molecular formula is C26H24ClN5O6. The van der Waals surface area contributed by atoms with Gasteiger partial charge in [0.25, 0.3) is 17.3 Å². The van der Waals surface area contributed by atoms with Gasteiger partial charge in [-0.1, -0.05) is 6.07 Å². The molecule has 1 aliphatic rings. The van der Waals surface area contributed by atoms with Crippen LogP contribution in [0.5, 0.6) is 5.75 Å². The molecule has 1 amide bonds. The lowest BCUT2D eigenvalue weighted by Crippen LogP contribution is -2.30. The van der Waals surface area contributed by atoms with Crippen molar-refractivity contribution in [1.82, 2.24) is 9.88 Å². The Morgan fingerprint density at radius 2 is 1.89 bits per heavy atom. The Balaban J connectivity index is 1.58. The molecule has 0 aliphatic carbocycles. The molecule has 5 rings (SSSR count). The van der Waals surface area contributed by atoms with Crippen molar-refractivity contribution in [3.8, 4) is 5.75 Å². The maximum absolute atomic E-state index is 13.7. The van der Waals surface area contributed by atoms with Gasteiger partial charge in [-0.25, -0.2) is 0 Å². The molecule has 3 aromatic carbocycles. The van der Waals surface area contributed by atoms with Crippen LogP contribution in [0.25, 0.3) is 21.7 Å². The highest BCUT2D eigenvalue weighted by atomic mass is 35.5. The summed E-state index contributed by atoms with van der Waals surface area (Å²) in [5.41, 5.74) is 1.14. The molecule has 1 atom stereocenters. The number of carbonyl (C=O) groups excluding carboxylic acids is 1. The fourth-order valence-corrected chi connectivity index (χ4v) is 5.18. The predicted molar refractivity (Wildman–Crippen MR) is 145 cm³/mol. The van der Waals surface area contributed by atoms with E-state index >= 15 is 0 Å². The zero-order valence-electron chi connectivity index (χ0n) is 20.6. The molecule has 12 heteroatoms.